The summed E-state index contributed by atoms with van der Waals surface area (Å²) < 4.78 is 0. The van der Waals surface area contributed by atoms with Crippen molar-refractivity contribution in [3.8, 4) is 0 Å². The number of carbonyl (C=O) groups excluding carboxylic acids is 2. The first-order valence-electron chi connectivity index (χ1n) is 12.0. The van der Waals surface area contributed by atoms with Crippen molar-refractivity contribution >= 4 is 45.7 Å². The van der Waals surface area contributed by atoms with Crippen molar-refractivity contribution < 1.29 is 9.59 Å². The normalized spacial score (nSPS) is 19.9. The van der Waals surface area contributed by atoms with Crippen LogP contribution < -0.4 is 15.5 Å². The Balaban J connectivity index is 1.43. The van der Waals surface area contributed by atoms with E-state index < -0.39 is 12.2 Å². The number of carbonyl (C=O) groups is 2. The summed E-state index contributed by atoms with van der Waals surface area (Å²) in [4.78, 5) is 32.8. The smallest absolute Gasteiger partial charge is 0.317 e. The van der Waals surface area contributed by atoms with Crippen LogP contribution in [0.15, 0.2) is 90.0 Å². The van der Waals surface area contributed by atoms with Crippen LogP contribution in [0.1, 0.15) is 30.5 Å². The molecule has 36 heavy (non-hydrogen) atoms. The van der Waals surface area contributed by atoms with Gasteiger partial charge in [-0.15, -0.1) is 0 Å². The van der Waals surface area contributed by atoms with Gasteiger partial charge in [0.25, 0.3) is 5.91 Å². The average molecular weight is 499 g/mol. The summed E-state index contributed by atoms with van der Waals surface area (Å²) in [5.41, 5.74) is 3.22. The Morgan fingerprint density at radius 3 is 2.72 bits per heavy atom. The van der Waals surface area contributed by atoms with Crippen LogP contribution in [0.5, 0.6) is 0 Å². The number of fused-ring (bicyclic) bond motifs is 2. The van der Waals surface area contributed by atoms with Gasteiger partial charge in [0.2, 0.25) is 6.17 Å². The van der Waals surface area contributed by atoms with Crippen LogP contribution in [-0.2, 0) is 4.79 Å². The number of hydrogen-bond acceptors (Lipinski definition) is 3. The first kappa shape index (κ1) is 23.8. The Kier molecular flexibility index (Phi) is 6.61. The van der Waals surface area contributed by atoms with Gasteiger partial charge in [-0.05, 0) is 47.9 Å². The van der Waals surface area contributed by atoms with Crippen LogP contribution in [0.3, 0.4) is 0 Å². The molecule has 0 saturated heterocycles. The molecule has 5 rings (SSSR count). The number of rotatable bonds is 4. The predicted molar refractivity (Wildman–Crippen MR) is 146 cm³/mol. The van der Waals surface area contributed by atoms with Gasteiger partial charge in [0, 0.05) is 23.6 Å². The van der Waals surface area contributed by atoms with Crippen molar-refractivity contribution in [1.29, 1.82) is 0 Å². The Labute approximate surface area is 215 Å². The summed E-state index contributed by atoms with van der Waals surface area (Å²) in [5.74, 6) is -0.356. The topological polar surface area (TPSA) is 73.8 Å². The SMILES string of the molecule is CC(NC(=O)NC1N=C(C2C=CC=CC2)c2cc(Cl)ccc2N(C)C1=O)c1cccc2ccccc12. The Hall–Kier alpha value is -3.90. The molecule has 2 aliphatic rings. The van der Waals surface area contributed by atoms with E-state index in [9.17, 15) is 9.59 Å². The Bertz CT molecular complexity index is 1420. The van der Waals surface area contributed by atoms with Crippen LogP contribution in [-0.4, -0.2) is 30.9 Å². The average Bonchev–Trinajstić information content (AvgIpc) is 2.99. The minimum Gasteiger partial charge on any atom is -0.332 e. The molecule has 1 aliphatic heterocycles. The lowest BCUT2D eigenvalue weighted by Gasteiger charge is -2.22. The van der Waals surface area contributed by atoms with Crippen LogP contribution in [0.25, 0.3) is 10.8 Å². The van der Waals surface area contributed by atoms with E-state index in [1.54, 1.807) is 13.1 Å². The molecule has 0 saturated carbocycles. The van der Waals surface area contributed by atoms with E-state index in [1.807, 2.05) is 73.7 Å². The molecular formula is C29H27ClN4O2. The number of benzene rings is 3. The van der Waals surface area contributed by atoms with Gasteiger partial charge in [-0.25, -0.2) is 4.79 Å². The van der Waals surface area contributed by atoms with E-state index >= 15 is 0 Å². The first-order valence-corrected chi connectivity index (χ1v) is 12.3. The number of allylic oxidation sites excluding steroid dienone is 4. The fraction of sp³-hybridized carbons (Fsp3) is 0.207. The Morgan fingerprint density at radius 1 is 1.11 bits per heavy atom. The van der Waals surface area contributed by atoms with Crippen LogP contribution in [0.2, 0.25) is 5.02 Å². The fourth-order valence-corrected chi connectivity index (χ4v) is 4.99. The van der Waals surface area contributed by atoms with E-state index in [1.165, 1.54) is 4.90 Å². The van der Waals surface area contributed by atoms with Crippen molar-refractivity contribution in [3.63, 3.8) is 0 Å². The number of anilines is 1. The highest BCUT2D eigenvalue weighted by molar-refractivity contribution is 6.31. The molecule has 0 radical (unpaired) electrons. The Morgan fingerprint density at radius 2 is 1.92 bits per heavy atom. The van der Waals surface area contributed by atoms with E-state index in [0.29, 0.717) is 10.7 Å². The molecule has 3 atom stereocenters. The third-order valence-corrected chi connectivity index (χ3v) is 6.90. The number of likely N-dealkylation sites (N-methyl/N-ethyl adjacent to an activating group) is 1. The van der Waals surface area contributed by atoms with Gasteiger partial charge in [0.1, 0.15) is 0 Å². The minimum atomic E-state index is -1.07. The highest BCUT2D eigenvalue weighted by Crippen LogP contribution is 2.32. The fourth-order valence-electron chi connectivity index (χ4n) is 4.81. The number of urea groups is 1. The number of nitrogens with one attached hydrogen (secondary N) is 2. The molecule has 7 heteroatoms. The maximum Gasteiger partial charge on any atom is 0.317 e. The number of aliphatic imine (C=N–C) groups is 1. The molecule has 0 aromatic heterocycles. The maximum atomic E-state index is 13.4. The zero-order chi connectivity index (χ0) is 25.2. The van der Waals surface area contributed by atoms with E-state index in [4.69, 9.17) is 16.6 Å². The monoisotopic (exact) mass is 498 g/mol. The number of benzodiazepines with no additional fused rings is 1. The van der Waals surface area contributed by atoms with E-state index in [-0.39, 0.29) is 17.9 Å². The van der Waals surface area contributed by atoms with Crippen LogP contribution >= 0.6 is 11.6 Å². The van der Waals surface area contributed by atoms with Crippen molar-refractivity contribution in [3.05, 3.63) is 101 Å². The molecule has 1 aliphatic carbocycles. The minimum absolute atomic E-state index is 0.0338. The van der Waals surface area contributed by atoms with Gasteiger partial charge in [-0.1, -0.05) is 78.4 Å². The molecule has 182 valence electrons. The molecule has 3 aromatic carbocycles. The summed E-state index contributed by atoms with van der Waals surface area (Å²) in [7, 11) is 1.69. The largest absolute Gasteiger partial charge is 0.332 e. The second kappa shape index (κ2) is 9.99. The van der Waals surface area contributed by atoms with Gasteiger partial charge >= 0.3 is 6.03 Å². The molecule has 3 aromatic rings. The van der Waals surface area contributed by atoms with Crippen molar-refractivity contribution in [2.45, 2.75) is 25.6 Å². The van der Waals surface area contributed by atoms with E-state index in [0.717, 1.165) is 34.0 Å². The number of hydrogen-bond donors (Lipinski definition) is 2. The van der Waals surface area contributed by atoms with Gasteiger partial charge in [0.15, 0.2) is 0 Å². The summed E-state index contributed by atoms with van der Waals surface area (Å²) in [5, 5.41) is 8.52. The van der Waals surface area contributed by atoms with Gasteiger partial charge < -0.3 is 15.5 Å². The highest BCUT2D eigenvalue weighted by atomic mass is 35.5. The lowest BCUT2D eigenvalue weighted by molar-refractivity contribution is -0.119. The molecular weight excluding hydrogens is 472 g/mol. The first-order chi connectivity index (χ1) is 17.4. The summed E-state index contributed by atoms with van der Waals surface area (Å²) in [6.07, 6.45) is 7.75. The highest BCUT2D eigenvalue weighted by Gasteiger charge is 2.33. The summed E-state index contributed by atoms with van der Waals surface area (Å²) >= 11 is 6.33. The quantitative estimate of drug-likeness (QED) is 0.478. The second-order valence-electron chi connectivity index (χ2n) is 9.04. The second-order valence-corrected chi connectivity index (χ2v) is 9.48. The van der Waals surface area contributed by atoms with Crippen molar-refractivity contribution in [1.82, 2.24) is 10.6 Å². The standard InChI is InChI=1S/C29H27ClN4O2/c1-18(22-14-8-12-19-9-6-7-13-23(19)22)31-29(36)33-27-28(35)34(2)25-16-15-21(30)17-24(25)26(32-27)20-10-4-3-5-11-20/h3-10,12-18,20,27H,11H2,1-2H3,(H2,31,33,36). The third kappa shape index (κ3) is 4.64. The molecule has 0 bridgehead atoms. The number of nitrogens with zero attached hydrogens (tertiary/aromatic N) is 2. The lowest BCUT2D eigenvalue weighted by Crippen LogP contribution is -2.49. The third-order valence-electron chi connectivity index (χ3n) is 6.67. The number of amides is 3. The molecule has 2 N–H and O–H groups in total. The number of halogens is 1. The summed E-state index contributed by atoms with van der Waals surface area (Å²) in [6.45, 7) is 1.92. The van der Waals surface area contributed by atoms with Crippen LogP contribution in [0.4, 0.5) is 10.5 Å². The van der Waals surface area contributed by atoms with Gasteiger partial charge in [-0.3, -0.25) is 9.79 Å². The van der Waals surface area contributed by atoms with Crippen LogP contribution in [0, 0.1) is 5.92 Å². The molecule has 3 amide bonds. The predicted octanol–water partition coefficient (Wildman–Crippen LogP) is 5.78. The molecule has 0 fully saturated rings. The summed E-state index contributed by atoms with van der Waals surface area (Å²) in [6, 6.07) is 18.7. The van der Waals surface area contributed by atoms with Crippen molar-refractivity contribution in [2.24, 2.45) is 10.9 Å². The molecule has 3 unspecified atom stereocenters. The molecule has 1 heterocycles. The zero-order valence-corrected chi connectivity index (χ0v) is 20.9. The zero-order valence-electron chi connectivity index (χ0n) is 20.1. The molecule has 0 spiro atoms. The van der Waals surface area contributed by atoms with E-state index in [2.05, 4.69) is 22.8 Å². The molecule has 6 nitrogen and oxygen atoms in total. The maximum absolute atomic E-state index is 13.4. The lowest BCUT2D eigenvalue weighted by atomic mass is 9.90. The van der Waals surface area contributed by atoms with Crippen molar-refractivity contribution in [2.75, 3.05) is 11.9 Å². The van der Waals surface area contributed by atoms with Gasteiger partial charge in [0.05, 0.1) is 17.4 Å². The van der Waals surface area contributed by atoms with Gasteiger partial charge in [-0.2, -0.15) is 0 Å².